The number of fused-ring (bicyclic) bond motifs is 1. The van der Waals surface area contributed by atoms with E-state index in [1.807, 2.05) is 0 Å². The fourth-order valence-corrected chi connectivity index (χ4v) is 3.17. The van der Waals surface area contributed by atoms with Gasteiger partial charge in [0.1, 0.15) is 12.4 Å². The molecule has 1 aliphatic heterocycles. The predicted molar refractivity (Wildman–Crippen MR) is 78.7 cm³/mol. The average Bonchev–Trinajstić information content (AvgIpc) is 2.42. The van der Waals surface area contributed by atoms with Crippen LogP contribution < -0.4 is 15.4 Å². The summed E-state index contributed by atoms with van der Waals surface area (Å²) in [7, 11) is 0. The lowest BCUT2D eigenvalue weighted by atomic mass is 9.67. The van der Waals surface area contributed by atoms with Crippen LogP contribution in [0.4, 0.5) is 5.69 Å². The van der Waals surface area contributed by atoms with Gasteiger partial charge in [-0.25, -0.2) is 0 Å². The Kier molecular flexibility index (Phi) is 3.65. The Morgan fingerprint density at radius 3 is 3.00 bits per heavy atom. The van der Waals surface area contributed by atoms with Gasteiger partial charge in [-0.15, -0.1) is 0 Å². The Morgan fingerprint density at radius 2 is 2.26 bits per heavy atom. The first-order chi connectivity index (χ1) is 9.33. The summed E-state index contributed by atoms with van der Waals surface area (Å²) < 4.78 is 5.80. The lowest BCUT2D eigenvalue weighted by Crippen LogP contribution is -2.39. The monoisotopic (exact) mass is 260 g/mol. The summed E-state index contributed by atoms with van der Waals surface area (Å²) in [5.41, 5.74) is 2.99. The van der Waals surface area contributed by atoms with E-state index in [9.17, 15) is 0 Å². The van der Waals surface area contributed by atoms with Gasteiger partial charge in [0.05, 0.1) is 5.69 Å². The van der Waals surface area contributed by atoms with Gasteiger partial charge in [0.15, 0.2) is 0 Å². The normalized spacial score (nSPS) is 19.8. The van der Waals surface area contributed by atoms with E-state index in [0.717, 1.165) is 37.7 Å². The number of benzene rings is 1. The molecule has 0 saturated heterocycles. The standard InChI is InChI=1S/C16H24N2O/c1-2-16(7-4-8-16)12-17-11-13-5-3-6-14-15(13)19-10-9-18-14/h3,5-6,17-18H,2,4,7-12H2,1H3. The highest BCUT2D eigenvalue weighted by Gasteiger charge is 2.34. The quantitative estimate of drug-likeness (QED) is 0.853. The molecule has 1 fully saturated rings. The molecule has 0 spiro atoms. The van der Waals surface area contributed by atoms with Crippen molar-refractivity contribution in [3.8, 4) is 5.75 Å². The molecule has 1 aliphatic carbocycles. The van der Waals surface area contributed by atoms with E-state index >= 15 is 0 Å². The van der Waals surface area contributed by atoms with Gasteiger partial charge in [-0.3, -0.25) is 0 Å². The number of ether oxygens (including phenoxy) is 1. The van der Waals surface area contributed by atoms with E-state index < -0.39 is 0 Å². The zero-order valence-corrected chi connectivity index (χ0v) is 11.8. The molecule has 104 valence electrons. The van der Waals surface area contributed by atoms with Gasteiger partial charge in [-0.05, 0) is 30.7 Å². The molecule has 19 heavy (non-hydrogen) atoms. The topological polar surface area (TPSA) is 33.3 Å². The van der Waals surface area contributed by atoms with Crippen molar-refractivity contribution in [2.75, 3.05) is 25.0 Å². The summed E-state index contributed by atoms with van der Waals surface area (Å²) in [4.78, 5) is 0. The molecule has 0 bridgehead atoms. The van der Waals surface area contributed by atoms with E-state index in [4.69, 9.17) is 4.74 Å². The Morgan fingerprint density at radius 1 is 1.37 bits per heavy atom. The molecule has 2 N–H and O–H groups in total. The third-order valence-corrected chi connectivity index (χ3v) is 4.74. The minimum atomic E-state index is 0.577. The van der Waals surface area contributed by atoms with Crippen LogP contribution in [0.15, 0.2) is 18.2 Å². The van der Waals surface area contributed by atoms with Crippen molar-refractivity contribution in [1.29, 1.82) is 0 Å². The molecule has 0 aromatic heterocycles. The highest BCUT2D eigenvalue weighted by atomic mass is 16.5. The molecule has 3 nitrogen and oxygen atoms in total. The van der Waals surface area contributed by atoms with E-state index in [1.165, 1.54) is 31.2 Å². The first-order valence-corrected chi connectivity index (χ1v) is 7.52. The van der Waals surface area contributed by atoms with E-state index in [2.05, 4.69) is 35.8 Å². The summed E-state index contributed by atoms with van der Waals surface area (Å²) in [5.74, 6) is 1.04. The number of hydrogen-bond acceptors (Lipinski definition) is 3. The highest BCUT2D eigenvalue weighted by molar-refractivity contribution is 5.61. The lowest BCUT2D eigenvalue weighted by Gasteiger charge is -2.41. The number of hydrogen-bond donors (Lipinski definition) is 2. The molecule has 2 aliphatic rings. The molecule has 0 atom stereocenters. The van der Waals surface area contributed by atoms with Crippen molar-refractivity contribution in [3.05, 3.63) is 23.8 Å². The van der Waals surface area contributed by atoms with Gasteiger partial charge in [-0.1, -0.05) is 25.5 Å². The van der Waals surface area contributed by atoms with E-state index in [-0.39, 0.29) is 0 Å². The first kappa shape index (κ1) is 12.8. The van der Waals surface area contributed by atoms with Crippen LogP contribution in [0, 0.1) is 5.41 Å². The van der Waals surface area contributed by atoms with Crippen molar-refractivity contribution in [3.63, 3.8) is 0 Å². The highest BCUT2D eigenvalue weighted by Crippen LogP contribution is 2.43. The Balaban J connectivity index is 1.61. The minimum absolute atomic E-state index is 0.577. The molecule has 0 amide bonds. The lowest BCUT2D eigenvalue weighted by molar-refractivity contribution is 0.123. The maximum absolute atomic E-state index is 5.80. The first-order valence-electron chi connectivity index (χ1n) is 7.52. The van der Waals surface area contributed by atoms with Gasteiger partial charge >= 0.3 is 0 Å². The minimum Gasteiger partial charge on any atom is -0.489 e. The second-order valence-corrected chi connectivity index (χ2v) is 5.88. The van der Waals surface area contributed by atoms with Crippen LogP contribution in [0.2, 0.25) is 0 Å². The summed E-state index contributed by atoms with van der Waals surface area (Å²) in [6.45, 7) is 6.04. The van der Waals surface area contributed by atoms with Gasteiger partial charge in [0.2, 0.25) is 0 Å². The molecule has 3 rings (SSSR count). The fraction of sp³-hybridized carbons (Fsp3) is 0.625. The largest absolute Gasteiger partial charge is 0.489 e. The maximum atomic E-state index is 5.80. The third-order valence-electron chi connectivity index (χ3n) is 4.74. The second-order valence-electron chi connectivity index (χ2n) is 5.88. The molecule has 1 saturated carbocycles. The summed E-state index contributed by atoms with van der Waals surface area (Å²) in [6, 6.07) is 6.37. The third kappa shape index (κ3) is 2.57. The van der Waals surface area contributed by atoms with Gasteiger partial charge in [0.25, 0.3) is 0 Å². The molecule has 0 unspecified atom stereocenters. The number of para-hydroxylation sites is 1. The zero-order valence-electron chi connectivity index (χ0n) is 11.8. The van der Waals surface area contributed by atoms with Crippen molar-refractivity contribution in [2.45, 2.75) is 39.2 Å². The van der Waals surface area contributed by atoms with E-state index in [1.54, 1.807) is 0 Å². The summed E-state index contributed by atoms with van der Waals surface area (Å²) in [5, 5.41) is 7.03. The fourth-order valence-electron chi connectivity index (χ4n) is 3.17. The van der Waals surface area contributed by atoms with Crippen molar-refractivity contribution < 1.29 is 4.74 Å². The van der Waals surface area contributed by atoms with Gasteiger partial charge in [-0.2, -0.15) is 0 Å². The number of nitrogens with one attached hydrogen (secondary N) is 2. The number of anilines is 1. The van der Waals surface area contributed by atoms with Gasteiger partial charge in [0, 0.05) is 25.2 Å². The van der Waals surface area contributed by atoms with Crippen molar-refractivity contribution >= 4 is 5.69 Å². The van der Waals surface area contributed by atoms with Crippen molar-refractivity contribution in [2.24, 2.45) is 5.41 Å². The van der Waals surface area contributed by atoms with Gasteiger partial charge < -0.3 is 15.4 Å². The maximum Gasteiger partial charge on any atom is 0.146 e. The molecule has 1 aromatic rings. The van der Waals surface area contributed by atoms with Crippen LogP contribution in [-0.4, -0.2) is 19.7 Å². The van der Waals surface area contributed by atoms with Crippen molar-refractivity contribution in [1.82, 2.24) is 5.32 Å². The zero-order chi connectivity index (χ0) is 13.1. The Labute approximate surface area is 115 Å². The van der Waals surface area contributed by atoms with Crippen LogP contribution in [0.25, 0.3) is 0 Å². The van der Waals surface area contributed by atoms with Crippen LogP contribution in [0.1, 0.15) is 38.2 Å². The van der Waals surface area contributed by atoms with Crippen LogP contribution in [0.3, 0.4) is 0 Å². The SMILES string of the molecule is CCC1(CNCc2cccc3c2OCCN3)CCC1. The van der Waals surface area contributed by atoms with Crippen LogP contribution >= 0.6 is 0 Å². The van der Waals surface area contributed by atoms with E-state index in [0.29, 0.717) is 5.41 Å². The average molecular weight is 260 g/mol. The summed E-state index contributed by atoms with van der Waals surface area (Å²) in [6.07, 6.45) is 5.48. The molecule has 3 heteroatoms. The smallest absolute Gasteiger partial charge is 0.146 e. The summed E-state index contributed by atoms with van der Waals surface area (Å²) >= 11 is 0. The molecule has 0 radical (unpaired) electrons. The Hall–Kier alpha value is -1.22. The molecule has 1 heterocycles. The molecule has 1 aromatic carbocycles. The van der Waals surface area contributed by atoms with Crippen LogP contribution in [0.5, 0.6) is 5.75 Å². The molecular weight excluding hydrogens is 236 g/mol. The number of rotatable bonds is 5. The predicted octanol–water partition coefficient (Wildman–Crippen LogP) is 3.16. The Bertz CT molecular complexity index is 435. The second kappa shape index (κ2) is 5.41. The van der Waals surface area contributed by atoms with Crippen LogP contribution in [-0.2, 0) is 6.54 Å². The molecular formula is C16H24N2O.